The lowest BCUT2D eigenvalue weighted by atomic mass is 10.0. The highest BCUT2D eigenvalue weighted by Gasteiger charge is 2.31. The summed E-state index contributed by atoms with van der Waals surface area (Å²) in [5.74, 6) is 1.96. The van der Waals surface area contributed by atoms with Crippen molar-refractivity contribution in [3.63, 3.8) is 0 Å². The predicted octanol–water partition coefficient (Wildman–Crippen LogP) is 2.69. The van der Waals surface area contributed by atoms with Crippen molar-refractivity contribution < 1.29 is 4.74 Å². The van der Waals surface area contributed by atoms with E-state index in [9.17, 15) is 0 Å². The summed E-state index contributed by atoms with van der Waals surface area (Å²) in [6, 6.07) is 9.30. The highest BCUT2D eigenvalue weighted by Crippen LogP contribution is 2.31. The standard InChI is InChI=1S/C20H31N3O/c1-24-20-8-6-18(7-9-20)22-11-13-23(14-12-22)19-3-2-10-21(16-19)15-17-4-5-17/h6-9,17,19H,2-5,10-16H2,1H3/t19-/m0/s1. The van der Waals surface area contributed by atoms with Crippen LogP contribution < -0.4 is 9.64 Å². The smallest absolute Gasteiger partial charge is 0.119 e. The molecule has 4 rings (SSSR count). The molecular formula is C20H31N3O. The first-order valence-corrected chi connectivity index (χ1v) is 9.67. The summed E-state index contributed by atoms with van der Waals surface area (Å²) in [6.45, 7) is 8.69. The second-order valence-electron chi connectivity index (χ2n) is 7.72. The number of benzene rings is 1. The van der Waals surface area contributed by atoms with Crippen LogP contribution in [0.3, 0.4) is 0 Å². The molecule has 3 fully saturated rings. The van der Waals surface area contributed by atoms with Crippen LogP contribution in [0.5, 0.6) is 5.75 Å². The zero-order valence-electron chi connectivity index (χ0n) is 15.0. The van der Waals surface area contributed by atoms with Gasteiger partial charge in [0.15, 0.2) is 0 Å². The van der Waals surface area contributed by atoms with Crippen LogP contribution in [0.4, 0.5) is 5.69 Å². The van der Waals surface area contributed by atoms with E-state index in [1.165, 1.54) is 64.1 Å². The molecule has 0 amide bonds. The first-order chi connectivity index (χ1) is 11.8. The molecule has 0 spiro atoms. The third-order valence-corrected chi connectivity index (χ3v) is 5.96. The van der Waals surface area contributed by atoms with Crippen LogP contribution in [-0.4, -0.2) is 68.8 Å². The van der Waals surface area contributed by atoms with Gasteiger partial charge in [0, 0.05) is 51.0 Å². The largest absolute Gasteiger partial charge is 0.497 e. The predicted molar refractivity (Wildman–Crippen MR) is 99.0 cm³/mol. The Morgan fingerprint density at radius 1 is 0.958 bits per heavy atom. The molecular weight excluding hydrogens is 298 g/mol. The van der Waals surface area contributed by atoms with Crippen LogP contribution in [0.2, 0.25) is 0 Å². The van der Waals surface area contributed by atoms with Gasteiger partial charge in [-0.25, -0.2) is 0 Å². The van der Waals surface area contributed by atoms with E-state index < -0.39 is 0 Å². The van der Waals surface area contributed by atoms with Gasteiger partial charge in [0.2, 0.25) is 0 Å². The number of piperazine rings is 1. The minimum Gasteiger partial charge on any atom is -0.497 e. The minimum atomic E-state index is 0.788. The van der Waals surface area contributed by atoms with Gasteiger partial charge in [-0.1, -0.05) is 0 Å². The molecule has 1 aromatic rings. The van der Waals surface area contributed by atoms with Crippen molar-refractivity contribution >= 4 is 5.69 Å². The maximum Gasteiger partial charge on any atom is 0.119 e. The van der Waals surface area contributed by atoms with E-state index in [0.29, 0.717) is 0 Å². The van der Waals surface area contributed by atoms with Crippen molar-refractivity contribution in [2.45, 2.75) is 31.7 Å². The Labute approximate surface area is 146 Å². The number of likely N-dealkylation sites (tertiary alicyclic amines) is 1. The first-order valence-electron chi connectivity index (χ1n) is 9.67. The van der Waals surface area contributed by atoms with Gasteiger partial charge < -0.3 is 14.5 Å². The molecule has 2 saturated heterocycles. The Morgan fingerprint density at radius 3 is 2.38 bits per heavy atom. The maximum absolute atomic E-state index is 5.26. The van der Waals surface area contributed by atoms with Gasteiger partial charge in [-0.05, 0) is 62.4 Å². The average Bonchev–Trinajstić information content (AvgIpc) is 3.46. The van der Waals surface area contributed by atoms with Crippen LogP contribution in [0.15, 0.2) is 24.3 Å². The molecule has 0 unspecified atom stereocenters. The van der Waals surface area contributed by atoms with Gasteiger partial charge in [0.25, 0.3) is 0 Å². The van der Waals surface area contributed by atoms with Gasteiger partial charge in [-0.15, -0.1) is 0 Å². The number of piperidine rings is 1. The third-order valence-electron chi connectivity index (χ3n) is 5.96. The lowest BCUT2D eigenvalue weighted by Gasteiger charge is -2.44. The topological polar surface area (TPSA) is 19.0 Å². The number of nitrogens with zero attached hydrogens (tertiary/aromatic N) is 3. The molecule has 1 atom stereocenters. The molecule has 1 saturated carbocycles. The van der Waals surface area contributed by atoms with Crippen molar-refractivity contribution in [1.82, 2.24) is 9.80 Å². The molecule has 1 aromatic carbocycles. The highest BCUT2D eigenvalue weighted by molar-refractivity contribution is 5.49. The van der Waals surface area contributed by atoms with Gasteiger partial charge in [0.05, 0.1) is 7.11 Å². The Balaban J connectivity index is 1.28. The highest BCUT2D eigenvalue weighted by atomic mass is 16.5. The molecule has 4 heteroatoms. The molecule has 1 aliphatic carbocycles. The zero-order chi connectivity index (χ0) is 16.4. The van der Waals surface area contributed by atoms with Crippen LogP contribution in [0.1, 0.15) is 25.7 Å². The number of methoxy groups -OCH3 is 1. The number of ether oxygens (including phenoxy) is 1. The fraction of sp³-hybridized carbons (Fsp3) is 0.700. The van der Waals surface area contributed by atoms with Crippen molar-refractivity contribution in [1.29, 1.82) is 0 Å². The second kappa shape index (κ2) is 7.32. The quantitative estimate of drug-likeness (QED) is 0.827. The average molecular weight is 329 g/mol. The van der Waals surface area contributed by atoms with E-state index in [1.807, 2.05) is 0 Å². The van der Waals surface area contributed by atoms with Crippen molar-refractivity contribution in [3.8, 4) is 5.75 Å². The van der Waals surface area contributed by atoms with Gasteiger partial charge >= 0.3 is 0 Å². The van der Waals surface area contributed by atoms with Crippen LogP contribution in [0, 0.1) is 5.92 Å². The minimum absolute atomic E-state index is 0.788. The summed E-state index contributed by atoms with van der Waals surface area (Å²) < 4.78 is 5.26. The third kappa shape index (κ3) is 3.86. The van der Waals surface area contributed by atoms with E-state index >= 15 is 0 Å². The molecule has 3 aliphatic rings. The van der Waals surface area contributed by atoms with Crippen LogP contribution in [-0.2, 0) is 0 Å². The van der Waals surface area contributed by atoms with Crippen LogP contribution >= 0.6 is 0 Å². The van der Waals surface area contributed by atoms with Gasteiger partial charge in [-0.3, -0.25) is 4.90 Å². The summed E-state index contributed by atoms with van der Waals surface area (Å²) in [4.78, 5) is 8.00. The molecule has 2 aliphatic heterocycles. The zero-order valence-corrected chi connectivity index (χ0v) is 15.0. The number of anilines is 1. The molecule has 0 N–H and O–H groups in total. The van der Waals surface area contributed by atoms with E-state index in [4.69, 9.17) is 4.74 Å². The van der Waals surface area contributed by atoms with E-state index in [-0.39, 0.29) is 0 Å². The number of rotatable bonds is 5. The SMILES string of the molecule is COc1ccc(N2CCN([C@H]3CCCN(CC4CC4)C3)CC2)cc1. The molecule has 0 radical (unpaired) electrons. The van der Waals surface area contributed by atoms with Gasteiger partial charge in [-0.2, -0.15) is 0 Å². The molecule has 0 bridgehead atoms. The molecule has 2 heterocycles. The number of hydrogen-bond donors (Lipinski definition) is 0. The second-order valence-corrected chi connectivity index (χ2v) is 7.72. The maximum atomic E-state index is 5.26. The van der Waals surface area contributed by atoms with E-state index in [2.05, 4.69) is 39.0 Å². The van der Waals surface area contributed by atoms with Gasteiger partial charge in [0.1, 0.15) is 5.75 Å². The number of hydrogen-bond acceptors (Lipinski definition) is 4. The van der Waals surface area contributed by atoms with E-state index in [0.717, 1.165) is 30.8 Å². The summed E-state index contributed by atoms with van der Waals surface area (Å²) in [7, 11) is 1.73. The Hall–Kier alpha value is -1.26. The summed E-state index contributed by atoms with van der Waals surface area (Å²) in [6.07, 6.45) is 5.73. The fourth-order valence-corrected chi connectivity index (χ4v) is 4.30. The fourth-order valence-electron chi connectivity index (χ4n) is 4.30. The monoisotopic (exact) mass is 329 g/mol. The Kier molecular flexibility index (Phi) is 4.95. The van der Waals surface area contributed by atoms with Crippen LogP contribution in [0.25, 0.3) is 0 Å². The molecule has 4 nitrogen and oxygen atoms in total. The van der Waals surface area contributed by atoms with Crippen molar-refractivity contribution in [2.75, 3.05) is 57.8 Å². The Morgan fingerprint density at radius 2 is 1.71 bits per heavy atom. The first kappa shape index (κ1) is 16.2. The van der Waals surface area contributed by atoms with E-state index in [1.54, 1.807) is 7.11 Å². The van der Waals surface area contributed by atoms with Crippen molar-refractivity contribution in [2.24, 2.45) is 5.92 Å². The summed E-state index contributed by atoms with van der Waals surface area (Å²) >= 11 is 0. The summed E-state index contributed by atoms with van der Waals surface area (Å²) in [5.41, 5.74) is 1.33. The Bertz CT molecular complexity index is 520. The molecule has 24 heavy (non-hydrogen) atoms. The lowest BCUT2D eigenvalue weighted by Crippen LogP contribution is -2.55. The van der Waals surface area contributed by atoms with Crippen molar-refractivity contribution in [3.05, 3.63) is 24.3 Å². The molecule has 0 aromatic heterocycles. The lowest BCUT2D eigenvalue weighted by molar-refractivity contribution is 0.0901. The summed E-state index contributed by atoms with van der Waals surface area (Å²) in [5, 5.41) is 0. The normalized spacial score (nSPS) is 26.5. The molecule has 132 valence electrons.